The van der Waals surface area contributed by atoms with Gasteiger partial charge in [-0.25, -0.2) is 13.2 Å². The monoisotopic (exact) mass is 429 g/mol. The highest BCUT2D eigenvalue weighted by Gasteiger charge is 2.38. The molecule has 160 valence electrons. The lowest BCUT2D eigenvalue weighted by molar-refractivity contribution is -0.120. The molecule has 0 aliphatic carbocycles. The van der Waals surface area contributed by atoms with Gasteiger partial charge >= 0.3 is 0 Å². The maximum atomic E-state index is 13.4. The summed E-state index contributed by atoms with van der Waals surface area (Å²) >= 11 is 0. The van der Waals surface area contributed by atoms with Crippen LogP contribution in [0.15, 0.2) is 42.7 Å². The van der Waals surface area contributed by atoms with E-state index in [1.54, 1.807) is 42.4 Å². The molecule has 1 saturated heterocycles. The van der Waals surface area contributed by atoms with E-state index in [1.165, 1.54) is 0 Å². The molecule has 31 heavy (non-hydrogen) atoms. The maximum absolute atomic E-state index is 13.4. The number of aromatic amines is 1. The average molecular weight is 429 g/mol. The minimum absolute atomic E-state index is 0.182. The van der Waals surface area contributed by atoms with Gasteiger partial charge in [-0.15, -0.1) is 0 Å². The van der Waals surface area contributed by atoms with Gasteiger partial charge in [-0.1, -0.05) is 0 Å². The van der Waals surface area contributed by atoms with E-state index in [4.69, 9.17) is 0 Å². The fraction of sp³-hybridized carbons (Fsp3) is 0.238. The van der Waals surface area contributed by atoms with Crippen LogP contribution in [0.2, 0.25) is 0 Å². The minimum atomic E-state index is -1.60. The first-order chi connectivity index (χ1) is 14.8. The van der Waals surface area contributed by atoms with Crippen molar-refractivity contribution >= 4 is 17.5 Å². The number of likely N-dealkylation sites (tertiary alicyclic amines) is 1. The van der Waals surface area contributed by atoms with E-state index in [9.17, 15) is 22.8 Å². The van der Waals surface area contributed by atoms with Gasteiger partial charge in [0.1, 0.15) is 5.69 Å². The predicted molar refractivity (Wildman–Crippen MR) is 105 cm³/mol. The fourth-order valence-corrected chi connectivity index (χ4v) is 3.73. The predicted octanol–water partition coefficient (Wildman–Crippen LogP) is 3.38. The summed E-state index contributed by atoms with van der Waals surface area (Å²) in [5.41, 5.74) is 1.67. The molecular formula is C21H18F3N5O2. The number of amides is 2. The number of nitrogens with zero attached hydrogens (tertiary/aromatic N) is 3. The molecule has 3 heterocycles. The number of anilines is 1. The molecule has 0 radical (unpaired) electrons. The number of H-pyrrole nitrogens is 1. The normalized spacial score (nSPS) is 18.3. The molecule has 0 unspecified atom stereocenters. The second-order valence-electron chi connectivity index (χ2n) is 7.29. The molecule has 7 nitrogen and oxygen atoms in total. The molecule has 2 aromatic heterocycles. The van der Waals surface area contributed by atoms with Crippen molar-refractivity contribution in [1.82, 2.24) is 20.1 Å². The number of rotatable bonds is 4. The van der Waals surface area contributed by atoms with Gasteiger partial charge in [-0.3, -0.25) is 9.59 Å². The van der Waals surface area contributed by atoms with Gasteiger partial charge in [0, 0.05) is 41.7 Å². The third-order valence-corrected chi connectivity index (χ3v) is 5.42. The third-order valence-electron chi connectivity index (χ3n) is 5.42. The van der Waals surface area contributed by atoms with Crippen molar-refractivity contribution in [2.24, 2.45) is 5.92 Å². The zero-order valence-electron chi connectivity index (χ0n) is 16.4. The first kappa shape index (κ1) is 20.6. The molecule has 1 aromatic carbocycles. The van der Waals surface area contributed by atoms with Gasteiger partial charge in [0.15, 0.2) is 17.5 Å². The van der Waals surface area contributed by atoms with Crippen LogP contribution in [-0.4, -0.2) is 44.5 Å². The highest BCUT2D eigenvalue weighted by atomic mass is 19.2. The Balaban J connectivity index is 1.45. The van der Waals surface area contributed by atoms with Crippen LogP contribution in [-0.2, 0) is 4.79 Å². The molecule has 0 saturated carbocycles. The smallest absolute Gasteiger partial charge is 0.270 e. The van der Waals surface area contributed by atoms with E-state index in [0.717, 1.165) is 5.56 Å². The molecule has 0 bridgehead atoms. The van der Waals surface area contributed by atoms with E-state index in [-0.39, 0.29) is 11.6 Å². The van der Waals surface area contributed by atoms with E-state index in [2.05, 4.69) is 20.5 Å². The summed E-state index contributed by atoms with van der Waals surface area (Å²) in [5.74, 6) is -5.73. The van der Waals surface area contributed by atoms with Crippen LogP contribution in [0, 0.1) is 23.4 Å². The van der Waals surface area contributed by atoms with Crippen LogP contribution >= 0.6 is 0 Å². The highest BCUT2D eigenvalue weighted by Crippen LogP contribution is 2.28. The SMILES string of the molecule is C[C@H]1[C@@H](C(=O)Nc2cc(F)c(F)c(F)c2)CCN1C(=O)c1ccc(-c2ccnnc2)[nH]1. The van der Waals surface area contributed by atoms with Crippen molar-refractivity contribution in [3.63, 3.8) is 0 Å². The molecule has 1 fully saturated rings. The molecule has 0 spiro atoms. The number of hydrogen-bond acceptors (Lipinski definition) is 4. The number of hydrogen-bond donors (Lipinski definition) is 2. The largest absolute Gasteiger partial charge is 0.350 e. The topological polar surface area (TPSA) is 91.0 Å². The summed E-state index contributed by atoms with van der Waals surface area (Å²) in [7, 11) is 0. The summed E-state index contributed by atoms with van der Waals surface area (Å²) in [4.78, 5) is 30.2. The Kier molecular flexibility index (Phi) is 5.45. The first-order valence-electron chi connectivity index (χ1n) is 9.57. The van der Waals surface area contributed by atoms with Crippen molar-refractivity contribution in [3.05, 3.63) is 65.9 Å². The molecular weight excluding hydrogens is 411 g/mol. The first-order valence-corrected chi connectivity index (χ1v) is 9.57. The second-order valence-corrected chi connectivity index (χ2v) is 7.29. The quantitative estimate of drug-likeness (QED) is 0.622. The zero-order valence-corrected chi connectivity index (χ0v) is 16.4. The lowest BCUT2D eigenvalue weighted by Gasteiger charge is -2.24. The number of nitrogens with one attached hydrogen (secondary N) is 2. The molecule has 2 N–H and O–H groups in total. The highest BCUT2D eigenvalue weighted by molar-refractivity contribution is 5.97. The molecule has 10 heteroatoms. The summed E-state index contributed by atoms with van der Waals surface area (Å²) in [5, 5.41) is 9.93. The van der Waals surface area contributed by atoms with Crippen LogP contribution in [0.1, 0.15) is 23.8 Å². The van der Waals surface area contributed by atoms with Crippen LogP contribution in [0.3, 0.4) is 0 Å². The molecule has 2 amide bonds. The molecule has 4 rings (SSSR count). The van der Waals surface area contributed by atoms with E-state index < -0.39 is 35.3 Å². The number of carbonyl (C=O) groups excluding carboxylic acids is 2. The van der Waals surface area contributed by atoms with Crippen LogP contribution in [0.5, 0.6) is 0 Å². The average Bonchev–Trinajstić information content (AvgIpc) is 3.39. The summed E-state index contributed by atoms with van der Waals surface area (Å²) in [6.07, 6.45) is 3.50. The molecule has 1 aliphatic heterocycles. The Morgan fingerprint density at radius 1 is 1.13 bits per heavy atom. The Morgan fingerprint density at radius 2 is 1.87 bits per heavy atom. The summed E-state index contributed by atoms with van der Waals surface area (Å²) in [6.45, 7) is 2.08. The molecule has 1 aliphatic rings. The molecule has 3 aromatic rings. The van der Waals surface area contributed by atoms with Gasteiger partial charge in [-0.2, -0.15) is 10.2 Å². The van der Waals surface area contributed by atoms with E-state index >= 15 is 0 Å². The van der Waals surface area contributed by atoms with Gasteiger partial charge in [-0.05, 0) is 31.5 Å². The zero-order chi connectivity index (χ0) is 22.1. The second kappa shape index (κ2) is 8.21. The van der Waals surface area contributed by atoms with Crippen LogP contribution < -0.4 is 5.32 Å². The van der Waals surface area contributed by atoms with Crippen LogP contribution in [0.4, 0.5) is 18.9 Å². The van der Waals surface area contributed by atoms with E-state index in [1.807, 2.05) is 0 Å². The molecule has 2 atom stereocenters. The van der Waals surface area contributed by atoms with Crippen molar-refractivity contribution in [2.45, 2.75) is 19.4 Å². The van der Waals surface area contributed by atoms with Gasteiger partial charge in [0.2, 0.25) is 5.91 Å². The van der Waals surface area contributed by atoms with Gasteiger partial charge < -0.3 is 15.2 Å². The minimum Gasteiger partial charge on any atom is -0.350 e. The fourth-order valence-electron chi connectivity index (χ4n) is 3.73. The van der Waals surface area contributed by atoms with Gasteiger partial charge in [0.05, 0.1) is 18.3 Å². The van der Waals surface area contributed by atoms with Gasteiger partial charge in [0.25, 0.3) is 5.91 Å². The summed E-state index contributed by atoms with van der Waals surface area (Å²) in [6, 6.07) is 6.15. The number of carbonyl (C=O) groups is 2. The standard InChI is InChI=1S/C21H18F3N5O2/c1-11-14(20(30)27-13-8-15(22)19(24)16(23)9-13)5-7-29(11)21(31)18-3-2-17(28-18)12-4-6-25-26-10-12/h2-4,6,8-11,14,28H,5,7H2,1H3,(H,27,30)/t11-,14-/m0/s1. The Bertz CT molecular complexity index is 1110. The van der Waals surface area contributed by atoms with Crippen molar-refractivity contribution in [1.29, 1.82) is 0 Å². The Morgan fingerprint density at radius 3 is 2.55 bits per heavy atom. The van der Waals surface area contributed by atoms with E-state index in [0.29, 0.717) is 36.5 Å². The number of benzene rings is 1. The van der Waals surface area contributed by atoms with Crippen LogP contribution in [0.25, 0.3) is 11.3 Å². The van der Waals surface area contributed by atoms with Crippen molar-refractivity contribution < 1.29 is 22.8 Å². The van der Waals surface area contributed by atoms with Crippen molar-refractivity contribution in [3.8, 4) is 11.3 Å². The Hall–Kier alpha value is -3.69. The third kappa shape index (κ3) is 4.00. The Labute approximate surface area is 175 Å². The number of halogens is 3. The maximum Gasteiger partial charge on any atom is 0.270 e. The lowest BCUT2D eigenvalue weighted by atomic mass is 10.0. The van der Waals surface area contributed by atoms with Crippen molar-refractivity contribution in [2.75, 3.05) is 11.9 Å². The number of aromatic nitrogens is 3. The lowest BCUT2D eigenvalue weighted by Crippen LogP contribution is -2.39. The summed E-state index contributed by atoms with van der Waals surface area (Å²) < 4.78 is 39.9.